The number of allylic oxidation sites excluding steroid dienone is 1. The molecule has 2 fully saturated rings. The van der Waals surface area contributed by atoms with Crippen LogP contribution in [0.1, 0.15) is 76.7 Å². The SMILES string of the molecule is C/C=C/COc1ccc2cc(C3CCC4CC(CCC)CCC4C3)ccc2c1F. The van der Waals surface area contributed by atoms with Gasteiger partial charge in [0.2, 0.25) is 0 Å². The van der Waals surface area contributed by atoms with Crippen molar-refractivity contribution in [1.29, 1.82) is 0 Å². The van der Waals surface area contributed by atoms with Crippen LogP contribution < -0.4 is 4.74 Å². The van der Waals surface area contributed by atoms with Crippen molar-refractivity contribution in [3.8, 4) is 5.75 Å². The molecule has 2 aliphatic rings. The summed E-state index contributed by atoms with van der Waals surface area (Å²) in [4.78, 5) is 0. The largest absolute Gasteiger partial charge is 0.486 e. The summed E-state index contributed by atoms with van der Waals surface area (Å²) < 4.78 is 20.4. The van der Waals surface area contributed by atoms with E-state index in [4.69, 9.17) is 4.74 Å². The average Bonchev–Trinajstić information content (AvgIpc) is 2.75. The lowest BCUT2D eigenvalue weighted by Gasteiger charge is -2.42. The number of benzene rings is 2. The lowest BCUT2D eigenvalue weighted by Crippen LogP contribution is -2.30. The average molecular weight is 395 g/mol. The van der Waals surface area contributed by atoms with Crippen LogP contribution >= 0.6 is 0 Å². The zero-order valence-corrected chi connectivity index (χ0v) is 18.0. The third kappa shape index (κ3) is 4.52. The number of hydrogen-bond acceptors (Lipinski definition) is 1. The molecule has 2 heteroatoms. The maximum atomic E-state index is 14.8. The Morgan fingerprint density at radius 1 is 1.03 bits per heavy atom. The van der Waals surface area contributed by atoms with Gasteiger partial charge in [-0.15, -0.1) is 0 Å². The Kier molecular flexibility index (Phi) is 6.57. The number of hydrogen-bond donors (Lipinski definition) is 0. The fraction of sp³-hybridized carbons (Fsp3) is 0.556. The third-order valence-electron chi connectivity index (χ3n) is 7.40. The molecule has 0 aliphatic heterocycles. The van der Waals surface area contributed by atoms with Gasteiger partial charge in [-0.25, -0.2) is 4.39 Å². The van der Waals surface area contributed by atoms with Gasteiger partial charge < -0.3 is 4.74 Å². The minimum absolute atomic E-state index is 0.239. The molecule has 0 bridgehead atoms. The highest BCUT2D eigenvalue weighted by Gasteiger charge is 2.35. The van der Waals surface area contributed by atoms with Crippen molar-refractivity contribution in [3.63, 3.8) is 0 Å². The third-order valence-corrected chi connectivity index (χ3v) is 7.40. The van der Waals surface area contributed by atoms with Crippen LogP contribution in [0.4, 0.5) is 4.39 Å². The van der Waals surface area contributed by atoms with E-state index in [-0.39, 0.29) is 5.82 Å². The summed E-state index contributed by atoms with van der Waals surface area (Å²) in [6.45, 7) is 4.66. The zero-order valence-electron chi connectivity index (χ0n) is 18.0. The van der Waals surface area contributed by atoms with Gasteiger partial charge in [-0.2, -0.15) is 0 Å². The Morgan fingerprint density at radius 3 is 2.69 bits per heavy atom. The van der Waals surface area contributed by atoms with Crippen LogP contribution in [0.15, 0.2) is 42.5 Å². The maximum absolute atomic E-state index is 14.8. The molecular weight excluding hydrogens is 359 g/mol. The van der Waals surface area contributed by atoms with E-state index in [0.717, 1.165) is 23.1 Å². The van der Waals surface area contributed by atoms with Gasteiger partial charge in [-0.3, -0.25) is 0 Å². The molecule has 0 radical (unpaired) electrons. The van der Waals surface area contributed by atoms with Crippen LogP contribution in [0, 0.1) is 23.6 Å². The van der Waals surface area contributed by atoms with Gasteiger partial charge in [0.15, 0.2) is 11.6 Å². The Labute approximate surface area is 175 Å². The predicted molar refractivity (Wildman–Crippen MR) is 120 cm³/mol. The van der Waals surface area contributed by atoms with Gasteiger partial charge in [0.1, 0.15) is 6.61 Å². The fourth-order valence-electron chi connectivity index (χ4n) is 5.85. The second-order valence-corrected chi connectivity index (χ2v) is 9.24. The van der Waals surface area contributed by atoms with E-state index in [1.165, 1.54) is 56.9 Å². The number of ether oxygens (including phenoxy) is 1. The van der Waals surface area contributed by atoms with Crippen molar-refractivity contribution in [2.45, 2.75) is 71.1 Å². The number of fused-ring (bicyclic) bond motifs is 2. The van der Waals surface area contributed by atoms with Crippen LogP contribution in [0.5, 0.6) is 5.75 Å². The lowest BCUT2D eigenvalue weighted by molar-refractivity contribution is 0.114. The van der Waals surface area contributed by atoms with Crippen LogP contribution in [0.3, 0.4) is 0 Å². The molecule has 0 spiro atoms. The lowest BCUT2D eigenvalue weighted by atomic mass is 9.63. The molecule has 2 aliphatic carbocycles. The van der Waals surface area contributed by atoms with E-state index in [0.29, 0.717) is 23.7 Å². The van der Waals surface area contributed by atoms with Crippen molar-refractivity contribution in [3.05, 3.63) is 53.9 Å². The van der Waals surface area contributed by atoms with Gasteiger partial charge in [0, 0.05) is 5.39 Å². The van der Waals surface area contributed by atoms with E-state index in [1.807, 2.05) is 31.2 Å². The van der Waals surface area contributed by atoms with Gasteiger partial charge in [-0.1, -0.05) is 62.6 Å². The highest BCUT2D eigenvalue weighted by Crippen LogP contribution is 2.48. The highest BCUT2D eigenvalue weighted by atomic mass is 19.1. The van der Waals surface area contributed by atoms with E-state index < -0.39 is 0 Å². The first-order valence-electron chi connectivity index (χ1n) is 11.7. The van der Waals surface area contributed by atoms with Crippen molar-refractivity contribution in [2.24, 2.45) is 17.8 Å². The molecule has 2 aromatic carbocycles. The molecule has 0 saturated heterocycles. The normalized spacial score (nSPS) is 27.3. The number of halogens is 1. The molecule has 2 saturated carbocycles. The van der Waals surface area contributed by atoms with E-state index in [9.17, 15) is 4.39 Å². The van der Waals surface area contributed by atoms with Gasteiger partial charge >= 0.3 is 0 Å². The van der Waals surface area contributed by atoms with Crippen LogP contribution in [-0.4, -0.2) is 6.61 Å². The summed E-state index contributed by atoms with van der Waals surface area (Å²) in [6.07, 6.45) is 14.9. The minimum Gasteiger partial charge on any atom is -0.486 e. The minimum atomic E-state index is -0.239. The Bertz CT molecular complexity index is 855. The molecule has 29 heavy (non-hydrogen) atoms. The smallest absolute Gasteiger partial charge is 0.172 e. The first-order valence-corrected chi connectivity index (χ1v) is 11.7. The molecule has 4 unspecified atom stereocenters. The van der Waals surface area contributed by atoms with Crippen LogP contribution in [0.25, 0.3) is 10.8 Å². The maximum Gasteiger partial charge on any atom is 0.172 e. The molecule has 1 nitrogen and oxygen atoms in total. The first kappa shape index (κ1) is 20.4. The quantitative estimate of drug-likeness (QED) is 0.450. The molecule has 0 aromatic heterocycles. The standard InChI is InChI=1S/C27H35FO/c1-3-5-15-29-26-14-12-24-18-23(11-13-25(24)27(26)28)22-10-9-20-16-19(6-4-2)7-8-21(20)17-22/h3,5,11-14,18-22H,4,6-10,15-17H2,1-2H3/b5-3+. The molecule has 156 valence electrons. The van der Waals surface area contributed by atoms with Crippen molar-refractivity contribution in [2.75, 3.05) is 6.61 Å². The van der Waals surface area contributed by atoms with Gasteiger partial charge in [-0.05, 0) is 79.7 Å². The second kappa shape index (κ2) is 9.32. The summed E-state index contributed by atoms with van der Waals surface area (Å²) in [7, 11) is 0. The van der Waals surface area contributed by atoms with Crippen LogP contribution in [0.2, 0.25) is 0 Å². The molecule has 0 amide bonds. The summed E-state index contributed by atoms with van der Waals surface area (Å²) in [5, 5.41) is 1.66. The monoisotopic (exact) mass is 394 g/mol. The fourth-order valence-corrected chi connectivity index (χ4v) is 5.85. The summed E-state index contributed by atoms with van der Waals surface area (Å²) in [5.74, 6) is 3.56. The van der Waals surface area contributed by atoms with Crippen molar-refractivity contribution in [1.82, 2.24) is 0 Å². The molecule has 4 atom stereocenters. The predicted octanol–water partition coefficient (Wildman–Crippen LogP) is 8.03. The Morgan fingerprint density at radius 2 is 1.86 bits per heavy atom. The van der Waals surface area contributed by atoms with Crippen LogP contribution in [-0.2, 0) is 0 Å². The highest BCUT2D eigenvalue weighted by molar-refractivity contribution is 5.85. The summed E-state index contributed by atoms with van der Waals surface area (Å²) in [5.41, 5.74) is 1.40. The molecule has 0 heterocycles. The molecule has 0 N–H and O–H groups in total. The zero-order chi connectivity index (χ0) is 20.2. The second-order valence-electron chi connectivity index (χ2n) is 9.24. The van der Waals surface area contributed by atoms with Gasteiger partial charge in [0.25, 0.3) is 0 Å². The first-order chi connectivity index (χ1) is 14.2. The van der Waals surface area contributed by atoms with Gasteiger partial charge in [0.05, 0.1) is 0 Å². The number of rotatable bonds is 6. The van der Waals surface area contributed by atoms with E-state index in [2.05, 4.69) is 19.1 Å². The Hall–Kier alpha value is -1.83. The topological polar surface area (TPSA) is 9.23 Å². The van der Waals surface area contributed by atoms with Crippen molar-refractivity contribution < 1.29 is 9.13 Å². The molecule has 2 aromatic rings. The van der Waals surface area contributed by atoms with E-state index in [1.54, 1.807) is 6.07 Å². The van der Waals surface area contributed by atoms with E-state index >= 15 is 0 Å². The summed E-state index contributed by atoms with van der Waals surface area (Å²) in [6, 6.07) is 10.1. The Balaban J connectivity index is 1.47. The molecular formula is C27H35FO. The molecule has 4 rings (SSSR count). The van der Waals surface area contributed by atoms with Crippen molar-refractivity contribution >= 4 is 10.8 Å². The summed E-state index contributed by atoms with van der Waals surface area (Å²) >= 11 is 0.